The maximum atomic E-state index is 12.8. The van der Waals surface area contributed by atoms with Crippen LogP contribution in [0.2, 0.25) is 0 Å². The summed E-state index contributed by atoms with van der Waals surface area (Å²) in [5, 5.41) is 1.96. The summed E-state index contributed by atoms with van der Waals surface area (Å²) in [5.74, 6) is -0.641. The molecular weight excluding hydrogens is 314 g/mol. The summed E-state index contributed by atoms with van der Waals surface area (Å²) in [7, 11) is 2.95. The van der Waals surface area contributed by atoms with Gasteiger partial charge in [-0.05, 0) is 43.4 Å². The summed E-state index contributed by atoms with van der Waals surface area (Å²) in [6.45, 7) is 4.83. The Hall–Kier alpha value is -1.92. The quantitative estimate of drug-likeness (QED) is 0.456. The van der Waals surface area contributed by atoms with E-state index in [2.05, 4.69) is 0 Å². The fourth-order valence-corrected chi connectivity index (χ4v) is 3.39. The van der Waals surface area contributed by atoms with Crippen molar-refractivity contribution in [2.24, 2.45) is 0 Å². The van der Waals surface area contributed by atoms with Gasteiger partial charge in [0.25, 0.3) is 5.91 Å². The normalized spacial score (nSPS) is 16.6. The third kappa shape index (κ3) is 3.54. The van der Waals surface area contributed by atoms with Crippen LogP contribution in [0.25, 0.3) is 6.08 Å². The lowest BCUT2D eigenvalue weighted by Gasteiger charge is -2.17. The largest absolute Gasteiger partial charge is 0.465 e. The fraction of sp³-hybridized carbons (Fsp3) is 0.412. The molecule has 1 aromatic rings. The second-order valence-electron chi connectivity index (χ2n) is 5.28. The minimum Gasteiger partial charge on any atom is -0.465 e. The number of carbonyl (C=O) groups is 2. The molecule has 0 fully saturated rings. The van der Waals surface area contributed by atoms with Gasteiger partial charge in [-0.3, -0.25) is 4.79 Å². The Balaban J connectivity index is 2.40. The summed E-state index contributed by atoms with van der Waals surface area (Å²) in [5.41, 5.74) is 2.47. The summed E-state index contributed by atoms with van der Waals surface area (Å²) < 4.78 is 9.91. The molecule has 5 nitrogen and oxygen atoms in total. The predicted octanol–water partition coefficient (Wildman–Crippen LogP) is 2.77. The topological polar surface area (TPSA) is 55.8 Å². The smallest absolute Gasteiger partial charge is 0.340 e. The van der Waals surface area contributed by atoms with E-state index in [-0.39, 0.29) is 5.91 Å². The minimum atomic E-state index is -0.481. The number of hydrogen-bond donors (Lipinski definition) is 0. The third-order valence-corrected chi connectivity index (χ3v) is 4.77. The highest BCUT2D eigenvalue weighted by Gasteiger charge is 2.36. The molecule has 23 heavy (non-hydrogen) atoms. The van der Waals surface area contributed by atoms with E-state index < -0.39 is 5.97 Å². The number of rotatable bonds is 6. The highest BCUT2D eigenvalue weighted by molar-refractivity contribution is 7.11. The van der Waals surface area contributed by atoms with Crippen LogP contribution in [0.1, 0.15) is 23.8 Å². The Morgan fingerprint density at radius 3 is 2.65 bits per heavy atom. The van der Waals surface area contributed by atoms with Crippen molar-refractivity contribution in [1.82, 2.24) is 4.90 Å². The number of esters is 1. The van der Waals surface area contributed by atoms with Crippen molar-refractivity contribution >= 4 is 29.3 Å². The first-order valence-corrected chi connectivity index (χ1v) is 8.25. The van der Waals surface area contributed by atoms with Crippen molar-refractivity contribution in [2.75, 3.05) is 27.4 Å². The van der Waals surface area contributed by atoms with Crippen LogP contribution in [0.3, 0.4) is 0 Å². The molecule has 1 aliphatic rings. The number of ether oxygens (including phenoxy) is 2. The van der Waals surface area contributed by atoms with E-state index in [1.807, 2.05) is 18.4 Å². The molecule has 1 aromatic heterocycles. The molecule has 2 heterocycles. The number of methoxy groups -OCH3 is 2. The standard InChI is InChI=1S/C17H21NO4S/c1-11-6-9-23-14(11)10-13-15(17(20)22-4)12(2)18(16(13)19)7-5-8-21-3/h6,9-10H,5,7-8H2,1-4H3/b13-10-. The van der Waals surface area contributed by atoms with Gasteiger partial charge in [-0.25, -0.2) is 4.79 Å². The Morgan fingerprint density at radius 2 is 2.09 bits per heavy atom. The van der Waals surface area contributed by atoms with Crippen molar-refractivity contribution in [3.8, 4) is 0 Å². The lowest BCUT2D eigenvalue weighted by atomic mass is 10.1. The van der Waals surface area contributed by atoms with E-state index in [1.165, 1.54) is 7.11 Å². The SMILES string of the molecule is COCCCN1C(=O)/C(=C\c2sccc2C)C(C(=O)OC)=C1C. The summed E-state index contributed by atoms with van der Waals surface area (Å²) in [6, 6.07) is 1.99. The molecule has 0 radical (unpaired) electrons. The summed E-state index contributed by atoms with van der Waals surface area (Å²) in [6.07, 6.45) is 2.49. The van der Waals surface area contributed by atoms with Gasteiger partial charge >= 0.3 is 5.97 Å². The predicted molar refractivity (Wildman–Crippen MR) is 90.0 cm³/mol. The van der Waals surface area contributed by atoms with Gasteiger partial charge in [-0.2, -0.15) is 0 Å². The molecule has 0 aliphatic carbocycles. The van der Waals surface area contributed by atoms with Crippen molar-refractivity contribution in [2.45, 2.75) is 20.3 Å². The van der Waals surface area contributed by atoms with E-state index in [9.17, 15) is 9.59 Å². The zero-order valence-electron chi connectivity index (χ0n) is 13.8. The van der Waals surface area contributed by atoms with Gasteiger partial charge in [0.15, 0.2) is 0 Å². The number of aryl methyl sites for hydroxylation is 1. The van der Waals surface area contributed by atoms with Gasteiger partial charge in [0.05, 0.1) is 18.3 Å². The van der Waals surface area contributed by atoms with E-state index in [1.54, 1.807) is 36.3 Å². The van der Waals surface area contributed by atoms with E-state index in [0.29, 0.717) is 36.4 Å². The molecule has 0 unspecified atom stereocenters. The van der Waals surface area contributed by atoms with Gasteiger partial charge in [-0.1, -0.05) is 0 Å². The van der Waals surface area contributed by atoms with E-state index >= 15 is 0 Å². The van der Waals surface area contributed by atoms with Gasteiger partial charge in [0.2, 0.25) is 0 Å². The Bertz CT molecular complexity index is 672. The van der Waals surface area contributed by atoms with Gasteiger partial charge in [0, 0.05) is 30.8 Å². The second-order valence-corrected chi connectivity index (χ2v) is 6.23. The van der Waals surface area contributed by atoms with Crippen LogP contribution < -0.4 is 0 Å². The zero-order chi connectivity index (χ0) is 17.0. The molecule has 0 aromatic carbocycles. The minimum absolute atomic E-state index is 0.160. The molecule has 0 N–H and O–H groups in total. The van der Waals surface area contributed by atoms with Crippen molar-refractivity contribution in [1.29, 1.82) is 0 Å². The first-order chi connectivity index (χ1) is 11.0. The Morgan fingerprint density at radius 1 is 1.35 bits per heavy atom. The maximum absolute atomic E-state index is 12.8. The zero-order valence-corrected chi connectivity index (χ0v) is 14.7. The number of allylic oxidation sites excluding steroid dienone is 1. The highest BCUT2D eigenvalue weighted by Crippen LogP contribution is 2.33. The van der Waals surface area contributed by atoms with Crippen LogP contribution >= 0.6 is 11.3 Å². The van der Waals surface area contributed by atoms with Crippen molar-refractivity contribution in [3.63, 3.8) is 0 Å². The molecule has 0 spiro atoms. The number of nitrogens with zero attached hydrogens (tertiary/aromatic N) is 1. The van der Waals surface area contributed by atoms with Crippen LogP contribution in [0, 0.1) is 6.92 Å². The number of thiophene rings is 1. The van der Waals surface area contributed by atoms with Crippen LogP contribution in [-0.4, -0.2) is 44.1 Å². The van der Waals surface area contributed by atoms with Crippen LogP contribution in [-0.2, 0) is 19.1 Å². The number of amides is 1. The molecule has 1 amide bonds. The van der Waals surface area contributed by atoms with Crippen molar-refractivity contribution < 1.29 is 19.1 Å². The molecule has 0 bridgehead atoms. The third-order valence-electron chi connectivity index (χ3n) is 3.81. The first kappa shape index (κ1) is 17.4. The first-order valence-electron chi connectivity index (χ1n) is 7.37. The number of hydrogen-bond acceptors (Lipinski definition) is 5. The molecule has 124 valence electrons. The molecule has 0 saturated heterocycles. The summed E-state index contributed by atoms with van der Waals surface area (Å²) >= 11 is 1.54. The molecule has 1 aliphatic heterocycles. The molecule has 2 rings (SSSR count). The van der Waals surface area contributed by atoms with E-state index in [0.717, 1.165) is 10.4 Å². The van der Waals surface area contributed by atoms with Gasteiger partial charge < -0.3 is 14.4 Å². The molecule has 6 heteroatoms. The average Bonchev–Trinajstić information content (AvgIpc) is 3.03. The van der Waals surface area contributed by atoms with Crippen LogP contribution in [0.4, 0.5) is 0 Å². The highest BCUT2D eigenvalue weighted by atomic mass is 32.1. The van der Waals surface area contributed by atoms with Gasteiger partial charge in [-0.15, -0.1) is 11.3 Å². The summed E-state index contributed by atoms with van der Waals surface area (Å²) in [4.78, 5) is 27.5. The van der Waals surface area contributed by atoms with E-state index in [4.69, 9.17) is 9.47 Å². The fourth-order valence-electron chi connectivity index (χ4n) is 2.53. The molecule has 0 atom stereocenters. The second kappa shape index (κ2) is 7.57. The molecular formula is C17H21NO4S. The maximum Gasteiger partial charge on any atom is 0.340 e. The average molecular weight is 335 g/mol. The Labute approximate surface area is 140 Å². The monoisotopic (exact) mass is 335 g/mol. The molecule has 0 saturated carbocycles. The lowest BCUT2D eigenvalue weighted by Crippen LogP contribution is -2.26. The van der Waals surface area contributed by atoms with Crippen LogP contribution in [0.15, 0.2) is 28.3 Å². The van der Waals surface area contributed by atoms with Gasteiger partial charge in [0.1, 0.15) is 0 Å². The number of carbonyl (C=O) groups excluding carboxylic acids is 2. The Kier molecular flexibility index (Phi) is 5.74. The van der Waals surface area contributed by atoms with Crippen molar-refractivity contribution in [3.05, 3.63) is 38.7 Å². The lowest BCUT2D eigenvalue weighted by molar-refractivity contribution is -0.136. The van der Waals surface area contributed by atoms with Crippen LogP contribution in [0.5, 0.6) is 0 Å².